The summed E-state index contributed by atoms with van der Waals surface area (Å²) in [6.07, 6.45) is 10.3. The zero-order valence-electron chi connectivity index (χ0n) is 10.0. The Morgan fingerprint density at radius 3 is 2.25 bits per heavy atom. The zero-order chi connectivity index (χ0) is 10.9. The van der Waals surface area contributed by atoms with E-state index >= 15 is 0 Å². The molecule has 16 heavy (non-hydrogen) atoms. The molecule has 96 valence electrons. The minimum Gasteiger partial charge on any atom is -0.356 e. The minimum atomic E-state index is 0. The highest BCUT2D eigenvalue weighted by Gasteiger charge is 2.09. The highest BCUT2D eigenvalue weighted by molar-refractivity contribution is 5.85. The molecule has 1 rings (SSSR count). The molecule has 0 aromatic rings. The Labute approximate surface area is 105 Å². The average molecular weight is 249 g/mol. The molecule has 0 aliphatic carbocycles. The molecule has 0 spiro atoms. The molecule has 0 aromatic carbocycles. The normalized spacial score (nSPS) is 25.3. The second-order valence-corrected chi connectivity index (χ2v) is 4.58. The van der Waals surface area contributed by atoms with Crippen LogP contribution in [0.4, 0.5) is 0 Å². The molecule has 1 aliphatic rings. The molecule has 0 bridgehead atoms. The largest absolute Gasteiger partial charge is 0.356 e. The van der Waals surface area contributed by atoms with Gasteiger partial charge in [0.15, 0.2) is 0 Å². The third-order valence-corrected chi connectivity index (χ3v) is 3.02. The number of rotatable bonds is 0. The quantitative estimate of drug-likeness (QED) is 0.692. The van der Waals surface area contributed by atoms with Crippen LogP contribution < -0.4 is 11.1 Å². The number of carbonyl (C=O) groups is 1. The van der Waals surface area contributed by atoms with Crippen molar-refractivity contribution in [3.8, 4) is 0 Å². The smallest absolute Gasteiger partial charge is 0.221 e. The first kappa shape index (κ1) is 15.7. The maximum Gasteiger partial charge on any atom is 0.221 e. The third-order valence-electron chi connectivity index (χ3n) is 3.02. The minimum absolute atomic E-state index is 0. The second-order valence-electron chi connectivity index (χ2n) is 4.58. The number of hydrogen-bond donors (Lipinski definition) is 2. The summed E-state index contributed by atoms with van der Waals surface area (Å²) < 4.78 is 0. The Kier molecular flexibility index (Phi) is 9.74. The zero-order valence-corrected chi connectivity index (χ0v) is 10.9. The SMILES string of the molecule is Cl.NC1CCCCCCCCCNC(=O)C1. The van der Waals surface area contributed by atoms with E-state index in [9.17, 15) is 4.79 Å². The first-order valence-corrected chi connectivity index (χ1v) is 6.31. The molecule has 1 amide bonds. The van der Waals surface area contributed by atoms with Gasteiger partial charge >= 0.3 is 0 Å². The van der Waals surface area contributed by atoms with Crippen molar-refractivity contribution in [1.82, 2.24) is 5.32 Å². The van der Waals surface area contributed by atoms with Gasteiger partial charge in [0, 0.05) is 19.0 Å². The van der Waals surface area contributed by atoms with Gasteiger partial charge in [0.2, 0.25) is 5.91 Å². The van der Waals surface area contributed by atoms with Crippen LogP contribution in [0.25, 0.3) is 0 Å². The van der Waals surface area contributed by atoms with Crippen molar-refractivity contribution in [2.24, 2.45) is 5.73 Å². The van der Waals surface area contributed by atoms with Gasteiger partial charge in [0.25, 0.3) is 0 Å². The highest BCUT2D eigenvalue weighted by atomic mass is 35.5. The van der Waals surface area contributed by atoms with Crippen molar-refractivity contribution in [1.29, 1.82) is 0 Å². The van der Waals surface area contributed by atoms with Gasteiger partial charge in [0.05, 0.1) is 0 Å². The summed E-state index contributed by atoms with van der Waals surface area (Å²) in [7, 11) is 0. The van der Waals surface area contributed by atoms with Crippen LogP contribution in [0.15, 0.2) is 0 Å². The van der Waals surface area contributed by atoms with Gasteiger partial charge < -0.3 is 11.1 Å². The van der Waals surface area contributed by atoms with Crippen molar-refractivity contribution >= 4 is 18.3 Å². The number of carbonyl (C=O) groups excluding carboxylic acids is 1. The van der Waals surface area contributed by atoms with Gasteiger partial charge in [-0.1, -0.05) is 38.5 Å². The molecule has 1 saturated heterocycles. The second kappa shape index (κ2) is 9.91. The summed E-state index contributed by atoms with van der Waals surface area (Å²) in [6, 6.07) is 0.0609. The van der Waals surface area contributed by atoms with Crippen molar-refractivity contribution in [3.63, 3.8) is 0 Å². The van der Waals surface area contributed by atoms with Crippen LogP contribution in [0.2, 0.25) is 0 Å². The molecular formula is C12H25ClN2O. The van der Waals surface area contributed by atoms with Crippen LogP contribution >= 0.6 is 12.4 Å². The van der Waals surface area contributed by atoms with Gasteiger partial charge in [-0.2, -0.15) is 0 Å². The summed E-state index contributed by atoms with van der Waals surface area (Å²) in [5.41, 5.74) is 5.88. The predicted octanol–water partition coefficient (Wildman–Crippen LogP) is 2.38. The molecule has 0 radical (unpaired) electrons. The summed E-state index contributed by atoms with van der Waals surface area (Å²) in [5, 5.41) is 2.93. The van der Waals surface area contributed by atoms with E-state index in [4.69, 9.17) is 5.73 Å². The van der Waals surface area contributed by atoms with Crippen molar-refractivity contribution in [3.05, 3.63) is 0 Å². The van der Waals surface area contributed by atoms with Crippen molar-refractivity contribution in [2.75, 3.05) is 6.54 Å². The molecule has 1 heterocycles. The molecule has 0 saturated carbocycles. The van der Waals surface area contributed by atoms with Gasteiger partial charge in [-0.15, -0.1) is 12.4 Å². The number of amides is 1. The predicted molar refractivity (Wildman–Crippen MR) is 69.8 cm³/mol. The fourth-order valence-electron chi connectivity index (χ4n) is 2.06. The number of nitrogens with one attached hydrogen (secondary N) is 1. The molecule has 3 N–H and O–H groups in total. The van der Waals surface area contributed by atoms with Crippen LogP contribution in [0, 0.1) is 0 Å². The maximum absolute atomic E-state index is 11.4. The monoisotopic (exact) mass is 248 g/mol. The molecule has 1 unspecified atom stereocenters. The van der Waals surface area contributed by atoms with Crippen molar-refractivity contribution < 1.29 is 4.79 Å². The van der Waals surface area contributed by atoms with Crippen molar-refractivity contribution in [2.45, 2.75) is 63.8 Å². The summed E-state index contributed by atoms with van der Waals surface area (Å²) in [5.74, 6) is 0.127. The van der Waals surface area contributed by atoms with E-state index < -0.39 is 0 Å². The van der Waals surface area contributed by atoms with Crippen LogP contribution in [-0.2, 0) is 4.79 Å². The van der Waals surface area contributed by atoms with E-state index in [0.29, 0.717) is 6.42 Å². The number of hydrogen-bond acceptors (Lipinski definition) is 2. The summed E-state index contributed by atoms with van der Waals surface area (Å²) >= 11 is 0. The lowest BCUT2D eigenvalue weighted by atomic mass is 10.0. The molecule has 3 nitrogen and oxygen atoms in total. The Hall–Kier alpha value is -0.280. The standard InChI is InChI=1S/C12H24N2O.ClH/c13-11-8-6-4-2-1-3-5-7-9-14-12(15)10-11;/h11H,1-10,13H2,(H,14,15);1H. The number of nitrogens with two attached hydrogens (primary N) is 1. The Balaban J connectivity index is 0.00000225. The van der Waals surface area contributed by atoms with E-state index in [-0.39, 0.29) is 24.4 Å². The van der Waals surface area contributed by atoms with Gasteiger partial charge in [-0.05, 0) is 12.8 Å². The lowest BCUT2D eigenvalue weighted by Crippen LogP contribution is -2.32. The highest BCUT2D eigenvalue weighted by Crippen LogP contribution is 2.10. The first-order chi connectivity index (χ1) is 7.29. The van der Waals surface area contributed by atoms with Crippen LogP contribution in [0.3, 0.4) is 0 Å². The van der Waals surface area contributed by atoms with Crippen LogP contribution in [0.5, 0.6) is 0 Å². The molecule has 0 aromatic heterocycles. The molecule has 1 atom stereocenters. The van der Waals surface area contributed by atoms with E-state index in [2.05, 4.69) is 5.32 Å². The Morgan fingerprint density at radius 1 is 1.00 bits per heavy atom. The third kappa shape index (κ3) is 7.94. The van der Waals surface area contributed by atoms with Gasteiger partial charge in [-0.3, -0.25) is 4.79 Å². The van der Waals surface area contributed by atoms with Crippen LogP contribution in [-0.4, -0.2) is 18.5 Å². The number of halogens is 1. The fraction of sp³-hybridized carbons (Fsp3) is 0.917. The van der Waals surface area contributed by atoms with Gasteiger partial charge in [-0.25, -0.2) is 0 Å². The van der Waals surface area contributed by atoms with E-state index in [1.165, 1.54) is 38.5 Å². The molecular weight excluding hydrogens is 224 g/mol. The fourth-order valence-corrected chi connectivity index (χ4v) is 2.06. The van der Waals surface area contributed by atoms with E-state index in [0.717, 1.165) is 19.4 Å². The molecule has 1 fully saturated rings. The van der Waals surface area contributed by atoms with Crippen LogP contribution in [0.1, 0.15) is 57.8 Å². The summed E-state index contributed by atoms with van der Waals surface area (Å²) in [4.78, 5) is 11.4. The lowest BCUT2D eigenvalue weighted by Gasteiger charge is -2.10. The Bertz CT molecular complexity index is 188. The topological polar surface area (TPSA) is 55.1 Å². The first-order valence-electron chi connectivity index (χ1n) is 6.31. The molecule has 1 aliphatic heterocycles. The van der Waals surface area contributed by atoms with E-state index in [1.807, 2.05) is 0 Å². The van der Waals surface area contributed by atoms with Gasteiger partial charge in [0.1, 0.15) is 0 Å². The Morgan fingerprint density at radius 2 is 1.56 bits per heavy atom. The molecule has 4 heteroatoms. The lowest BCUT2D eigenvalue weighted by molar-refractivity contribution is -0.121. The maximum atomic E-state index is 11.4. The van der Waals surface area contributed by atoms with E-state index in [1.54, 1.807) is 0 Å². The average Bonchev–Trinajstić information content (AvgIpc) is 2.21. The summed E-state index contributed by atoms with van der Waals surface area (Å²) in [6.45, 7) is 0.825.